The molecule has 0 N–H and O–H groups in total. The second-order valence-corrected chi connectivity index (χ2v) is 6.28. The van der Waals surface area contributed by atoms with Gasteiger partial charge in [-0.3, -0.25) is 9.78 Å². The van der Waals surface area contributed by atoms with Crippen LogP contribution in [-0.4, -0.2) is 33.9 Å². The summed E-state index contributed by atoms with van der Waals surface area (Å²) in [6.07, 6.45) is 0.166. The molecule has 3 heterocycles. The second-order valence-electron chi connectivity index (χ2n) is 5.39. The van der Waals surface area contributed by atoms with E-state index < -0.39 is 11.9 Å². The molecule has 0 aromatic carbocycles. The van der Waals surface area contributed by atoms with Crippen molar-refractivity contribution in [1.29, 1.82) is 0 Å². The molecule has 1 aliphatic heterocycles. The predicted molar refractivity (Wildman–Crippen MR) is 79.2 cm³/mol. The summed E-state index contributed by atoms with van der Waals surface area (Å²) in [7, 11) is 0. The molecule has 0 spiro atoms. The van der Waals surface area contributed by atoms with Gasteiger partial charge in [0.1, 0.15) is 0 Å². The highest BCUT2D eigenvalue weighted by Gasteiger charge is 2.35. The van der Waals surface area contributed by atoms with E-state index in [1.807, 2.05) is 0 Å². The standard InChI is InChI=1S/C15H14F3N3OS/c16-15(17,18)12-9-23-13(20-12)11-2-1-7-21(8-11)14(22)10-3-5-19-6-4-10/h3-6,9,11H,1-2,7-8H2. The van der Waals surface area contributed by atoms with Gasteiger partial charge in [-0.2, -0.15) is 13.2 Å². The molecule has 122 valence electrons. The summed E-state index contributed by atoms with van der Waals surface area (Å²) >= 11 is 1.01. The topological polar surface area (TPSA) is 46.1 Å². The van der Waals surface area contributed by atoms with Crippen molar-refractivity contribution in [2.45, 2.75) is 24.9 Å². The molecule has 2 aromatic rings. The van der Waals surface area contributed by atoms with Gasteiger partial charge in [0.15, 0.2) is 5.69 Å². The first-order valence-electron chi connectivity index (χ1n) is 7.17. The van der Waals surface area contributed by atoms with Crippen molar-refractivity contribution in [3.8, 4) is 0 Å². The maximum absolute atomic E-state index is 12.7. The molecule has 1 atom stereocenters. The summed E-state index contributed by atoms with van der Waals surface area (Å²) in [5.41, 5.74) is -0.314. The Morgan fingerprint density at radius 1 is 1.30 bits per heavy atom. The lowest BCUT2D eigenvalue weighted by atomic mass is 9.98. The molecule has 1 aliphatic rings. The number of rotatable bonds is 2. The number of aromatic nitrogens is 2. The molecule has 0 bridgehead atoms. The van der Waals surface area contributed by atoms with Crippen molar-refractivity contribution in [1.82, 2.24) is 14.9 Å². The van der Waals surface area contributed by atoms with Crippen LogP contribution in [0.3, 0.4) is 0 Å². The van der Waals surface area contributed by atoms with Crippen LogP contribution in [0.2, 0.25) is 0 Å². The highest BCUT2D eigenvalue weighted by atomic mass is 32.1. The predicted octanol–water partition coefficient (Wildman–Crippen LogP) is 3.58. The Labute approximate surface area is 135 Å². The summed E-state index contributed by atoms with van der Waals surface area (Å²) in [5.74, 6) is -0.264. The molecule has 0 saturated carbocycles. The molecule has 4 nitrogen and oxygen atoms in total. The third kappa shape index (κ3) is 3.52. The maximum atomic E-state index is 12.7. The number of hydrogen-bond donors (Lipinski definition) is 0. The van der Waals surface area contributed by atoms with Gasteiger partial charge in [0.05, 0.1) is 5.01 Å². The van der Waals surface area contributed by atoms with Crippen LogP contribution >= 0.6 is 11.3 Å². The van der Waals surface area contributed by atoms with Crippen molar-refractivity contribution in [3.63, 3.8) is 0 Å². The van der Waals surface area contributed by atoms with Crippen LogP contribution in [0.4, 0.5) is 13.2 Å². The number of hydrogen-bond acceptors (Lipinski definition) is 4. The van der Waals surface area contributed by atoms with Gasteiger partial charge in [0.25, 0.3) is 5.91 Å². The smallest absolute Gasteiger partial charge is 0.338 e. The fourth-order valence-electron chi connectivity index (χ4n) is 2.65. The molecule has 1 saturated heterocycles. The minimum atomic E-state index is -4.42. The minimum absolute atomic E-state index is 0.121. The SMILES string of the molecule is O=C(c1ccncc1)N1CCCC(c2nc(C(F)(F)F)cs2)C1. The number of pyridine rings is 1. The Bertz CT molecular complexity index is 687. The molecular weight excluding hydrogens is 327 g/mol. The van der Waals surface area contributed by atoms with E-state index in [1.165, 1.54) is 0 Å². The number of thiazole rings is 1. The van der Waals surface area contributed by atoms with E-state index in [9.17, 15) is 18.0 Å². The first-order valence-corrected chi connectivity index (χ1v) is 8.05. The van der Waals surface area contributed by atoms with E-state index in [4.69, 9.17) is 0 Å². The second kappa shape index (κ2) is 6.27. The van der Waals surface area contributed by atoms with E-state index in [-0.39, 0.29) is 11.8 Å². The fourth-order valence-corrected chi connectivity index (χ4v) is 3.60. The monoisotopic (exact) mass is 341 g/mol. The Morgan fingerprint density at radius 2 is 2.04 bits per heavy atom. The Hall–Kier alpha value is -1.96. The summed E-state index contributed by atoms with van der Waals surface area (Å²) in [6.45, 7) is 1.00. The first-order chi connectivity index (χ1) is 10.9. The van der Waals surface area contributed by atoms with Crippen molar-refractivity contribution in [3.05, 3.63) is 46.2 Å². The molecule has 1 unspecified atom stereocenters. The van der Waals surface area contributed by atoms with Gasteiger partial charge in [0.2, 0.25) is 0 Å². The lowest BCUT2D eigenvalue weighted by Crippen LogP contribution is -2.39. The lowest BCUT2D eigenvalue weighted by Gasteiger charge is -2.31. The molecule has 3 rings (SSSR count). The van der Waals surface area contributed by atoms with Crippen LogP contribution in [0.5, 0.6) is 0 Å². The van der Waals surface area contributed by atoms with Crippen LogP contribution in [0.1, 0.15) is 39.8 Å². The van der Waals surface area contributed by atoms with Gasteiger partial charge in [-0.25, -0.2) is 4.98 Å². The lowest BCUT2D eigenvalue weighted by molar-refractivity contribution is -0.140. The van der Waals surface area contributed by atoms with Crippen molar-refractivity contribution in [2.75, 3.05) is 13.1 Å². The largest absolute Gasteiger partial charge is 0.434 e. The average Bonchev–Trinajstić information content (AvgIpc) is 3.05. The number of piperidine rings is 1. The molecule has 2 aromatic heterocycles. The molecule has 8 heteroatoms. The zero-order valence-corrected chi connectivity index (χ0v) is 12.9. The normalized spacial score (nSPS) is 18.9. The van der Waals surface area contributed by atoms with Gasteiger partial charge in [-0.05, 0) is 25.0 Å². The quantitative estimate of drug-likeness (QED) is 0.839. The first kappa shape index (κ1) is 15.9. The average molecular weight is 341 g/mol. The Balaban J connectivity index is 1.73. The van der Waals surface area contributed by atoms with Crippen LogP contribution in [0.15, 0.2) is 29.9 Å². The van der Waals surface area contributed by atoms with Crippen molar-refractivity contribution in [2.24, 2.45) is 0 Å². The zero-order chi connectivity index (χ0) is 16.4. The fraction of sp³-hybridized carbons (Fsp3) is 0.400. The molecule has 0 aliphatic carbocycles. The van der Waals surface area contributed by atoms with Crippen molar-refractivity contribution >= 4 is 17.2 Å². The summed E-state index contributed by atoms with van der Waals surface area (Å²) in [5, 5.41) is 1.49. The van der Waals surface area contributed by atoms with E-state index in [0.29, 0.717) is 23.7 Å². The molecular formula is C15H14F3N3OS. The zero-order valence-electron chi connectivity index (χ0n) is 12.1. The van der Waals surface area contributed by atoms with Gasteiger partial charge >= 0.3 is 6.18 Å². The van der Waals surface area contributed by atoms with E-state index in [2.05, 4.69) is 9.97 Å². The molecule has 23 heavy (non-hydrogen) atoms. The number of likely N-dealkylation sites (tertiary alicyclic amines) is 1. The van der Waals surface area contributed by atoms with Crippen LogP contribution in [0, 0.1) is 0 Å². The Kier molecular flexibility index (Phi) is 4.34. The third-order valence-electron chi connectivity index (χ3n) is 3.80. The van der Waals surface area contributed by atoms with Gasteiger partial charge in [-0.1, -0.05) is 0 Å². The van der Waals surface area contributed by atoms with Crippen molar-refractivity contribution < 1.29 is 18.0 Å². The third-order valence-corrected chi connectivity index (χ3v) is 4.80. The van der Waals surface area contributed by atoms with E-state index in [1.54, 1.807) is 29.4 Å². The Morgan fingerprint density at radius 3 is 2.70 bits per heavy atom. The number of nitrogens with zero attached hydrogens (tertiary/aromatic N) is 3. The molecule has 1 amide bonds. The minimum Gasteiger partial charge on any atom is -0.338 e. The summed E-state index contributed by atoms with van der Waals surface area (Å²) in [6, 6.07) is 3.27. The van der Waals surface area contributed by atoms with Crippen LogP contribution < -0.4 is 0 Å². The number of carbonyl (C=O) groups excluding carboxylic acids is 1. The number of amides is 1. The highest BCUT2D eigenvalue weighted by Crippen LogP contribution is 2.35. The molecule has 0 radical (unpaired) electrons. The van der Waals surface area contributed by atoms with Gasteiger partial charge < -0.3 is 4.90 Å². The van der Waals surface area contributed by atoms with Gasteiger partial charge in [-0.15, -0.1) is 11.3 Å². The van der Waals surface area contributed by atoms with E-state index >= 15 is 0 Å². The number of carbonyl (C=O) groups is 1. The highest BCUT2D eigenvalue weighted by molar-refractivity contribution is 7.09. The summed E-state index contributed by atoms with van der Waals surface area (Å²) in [4.78, 5) is 21.7. The van der Waals surface area contributed by atoms with Crippen LogP contribution in [0.25, 0.3) is 0 Å². The number of halogens is 3. The van der Waals surface area contributed by atoms with E-state index in [0.717, 1.165) is 29.6 Å². The summed E-state index contributed by atoms with van der Waals surface area (Å²) < 4.78 is 38.0. The van der Waals surface area contributed by atoms with Gasteiger partial charge in [0, 0.05) is 42.3 Å². The number of alkyl halides is 3. The maximum Gasteiger partial charge on any atom is 0.434 e. The van der Waals surface area contributed by atoms with Crippen LogP contribution in [-0.2, 0) is 6.18 Å². The molecule has 1 fully saturated rings.